The summed E-state index contributed by atoms with van der Waals surface area (Å²) < 4.78 is 19.5. The second-order valence-corrected chi connectivity index (χ2v) is 9.24. The van der Waals surface area contributed by atoms with Crippen molar-refractivity contribution in [3.05, 3.63) is 108 Å². The fraction of sp³-hybridized carbons (Fsp3) is 0.154. The van der Waals surface area contributed by atoms with E-state index >= 15 is 0 Å². The average molecular weight is 399 g/mol. The van der Waals surface area contributed by atoms with Gasteiger partial charge in [-0.3, -0.25) is 0 Å². The van der Waals surface area contributed by atoms with Crippen molar-refractivity contribution < 1.29 is 8.95 Å². The Bertz CT molecular complexity index is 1230. The van der Waals surface area contributed by atoms with Crippen molar-refractivity contribution in [2.45, 2.75) is 35.3 Å². The van der Waals surface area contributed by atoms with Crippen molar-refractivity contribution >= 4 is 21.6 Å². The van der Waals surface area contributed by atoms with Crippen LogP contribution in [0, 0.1) is 6.92 Å². The molecule has 0 aromatic heterocycles. The van der Waals surface area contributed by atoms with Crippen LogP contribution in [0.15, 0.2) is 101 Å². The van der Waals surface area contributed by atoms with Crippen molar-refractivity contribution in [3.63, 3.8) is 0 Å². The van der Waals surface area contributed by atoms with Gasteiger partial charge in [0.2, 0.25) is 0 Å². The molecule has 0 radical (unpaired) electrons. The number of ether oxygens (including phenoxy) is 1. The Morgan fingerprint density at radius 1 is 0.828 bits per heavy atom. The fourth-order valence-electron chi connectivity index (χ4n) is 3.94. The second-order valence-electron chi connectivity index (χ2n) is 7.79. The molecule has 1 fully saturated rings. The van der Waals surface area contributed by atoms with Crippen LogP contribution < -0.4 is 0 Å². The lowest BCUT2D eigenvalue weighted by Gasteiger charge is -2.11. The Hall–Kier alpha value is -2.75. The molecule has 0 amide bonds. The molecule has 0 N–H and O–H groups in total. The van der Waals surface area contributed by atoms with E-state index in [2.05, 4.69) is 49.4 Å². The predicted molar refractivity (Wildman–Crippen MR) is 117 cm³/mol. The quantitative estimate of drug-likeness (QED) is 0.377. The summed E-state index contributed by atoms with van der Waals surface area (Å²) in [5.74, 6) is 0. The van der Waals surface area contributed by atoms with Gasteiger partial charge in [-0.1, -0.05) is 72.3 Å². The van der Waals surface area contributed by atoms with Gasteiger partial charge in [0.05, 0.1) is 10.8 Å². The molecule has 4 aromatic rings. The summed E-state index contributed by atoms with van der Waals surface area (Å²) in [6.45, 7) is 4.15. The van der Waals surface area contributed by atoms with Crippen LogP contribution in [0.5, 0.6) is 0 Å². The second kappa shape index (κ2) is 6.94. The van der Waals surface area contributed by atoms with E-state index in [0.717, 1.165) is 26.5 Å². The minimum atomic E-state index is -1.24. The third kappa shape index (κ3) is 3.21. The molecule has 5 rings (SSSR count). The Kier molecular flexibility index (Phi) is 4.38. The summed E-state index contributed by atoms with van der Waals surface area (Å²) >= 11 is 0. The zero-order chi connectivity index (χ0) is 20.0. The Morgan fingerprint density at radius 2 is 1.52 bits per heavy atom. The van der Waals surface area contributed by atoms with Gasteiger partial charge in [0.15, 0.2) is 0 Å². The number of epoxide rings is 1. The van der Waals surface area contributed by atoms with Gasteiger partial charge in [-0.25, -0.2) is 4.21 Å². The maximum Gasteiger partial charge on any atom is 0.122 e. The fourth-order valence-corrected chi connectivity index (χ4v) is 5.17. The zero-order valence-corrected chi connectivity index (χ0v) is 17.3. The molecular formula is C26H22O2S. The molecule has 0 spiro atoms. The average Bonchev–Trinajstić information content (AvgIpc) is 3.46. The van der Waals surface area contributed by atoms with Crippen LogP contribution in [0.4, 0.5) is 0 Å². The van der Waals surface area contributed by atoms with Gasteiger partial charge in [-0.05, 0) is 54.4 Å². The molecule has 29 heavy (non-hydrogen) atoms. The molecule has 0 saturated carbocycles. The SMILES string of the molecule is Cc1ccc(S(=O)c2ccccc2[C@@H]2O[C@@]2(C)c2ccc3ccccc3c2)cc1. The summed E-state index contributed by atoms with van der Waals surface area (Å²) in [6.07, 6.45) is -0.103. The van der Waals surface area contributed by atoms with Crippen LogP contribution >= 0.6 is 0 Å². The maximum atomic E-state index is 13.3. The minimum Gasteiger partial charge on any atom is -0.356 e. The molecule has 1 aliphatic heterocycles. The molecule has 1 heterocycles. The number of aryl methyl sites for hydroxylation is 1. The van der Waals surface area contributed by atoms with Crippen LogP contribution in [0.3, 0.4) is 0 Å². The largest absolute Gasteiger partial charge is 0.356 e. The normalized spacial score (nSPS) is 21.8. The van der Waals surface area contributed by atoms with Crippen LogP contribution in [-0.2, 0) is 21.1 Å². The molecule has 1 unspecified atom stereocenters. The van der Waals surface area contributed by atoms with E-state index in [1.807, 2.05) is 55.5 Å². The molecule has 0 aliphatic carbocycles. The topological polar surface area (TPSA) is 29.6 Å². The van der Waals surface area contributed by atoms with Crippen molar-refractivity contribution in [2.24, 2.45) is 0 Å². The number of benzene rings is 4. The van der Waals surface area contributed by atoms with Crippen LogP contribution in [0.1, 0.15) is 29.7 Å². The van der Waals surface area contributed by atoms with Crippen LogP contribution in [0.25, 0.3) is 10.8 Å². The van der Waals surface area contributed by atoms with E-state index in [1.54, 1.807) is 0 Å². The summed E-state index contributed by atoms with van der Waals surface area (Å²) in [4.78, 5) is 1.64. The highest BCUT2D eigenvalue weighted by Crippen LogP contribution is 2.58. The van der Waals surface area contributed by atoms with E-state index in [9.17, 15) is 4.21 Å². The Morgan fingerprint density at radius 3 is 2.31 bits per heavy atom. The van der Waals surface area contributed by atoms with Gasteiger partial charge < -0.3 is 4.74 Å². The predicted octanol–water partition coefficient (Wildman–Crippen LogP) is 6.30. The molecule has 2 nitrogen and oxygen atoms in total. The van der Waals surface area contributed by atoms with Crippen molar-refractivity contribution in [1.29, 1.82) is 0 Å². The Labute approximate surface area is 173 Å². The standard InChI is InChI=1S/C26H22O2S/c1-18-11-15-22(16-12-18)29(27)24-10-6-5-9-23(24)25-26(2,28-25)21-14-13-19-7-3-4-8-20(19)17-21/h3-17,25H,1-2H3/t25-,26-,29?/m0/s1. The highest BCUT2D eigenvalue weighted by atomic mass is 32.2. The first kappa shape index (κ1) is 18.3. The lowest BCUT2D eigenvalue weighted by Crippen LogP contribution is -2.06. The van der Waals surface area contributed by atoms with Crippen molar-refractivity contribution in [2.75, 3.05) is 0 Å². The zero-order valence-electron chi connectivity index (χ0n) is 16.5. The van der Waals surface area contributed by atoms with Crippen molar-refractivity contribution in [1.82, 2.24) is 0 Å². The van der Waals surface area contributed by atoms with E-state index < -0.39 is 16.4 Å². The van der Waals surface area contributed by atoms with Crippen LogP contribution in [0.2, 0.25) is 0 Å². The van der Waals surface area contributed by atoms with Gasteiger partial charge in [0.25, 0.3) is 0 Å². The van der Waals surface area contributed by atoms with Gasteiger partial charge in [-0.2, -0.15) is 0 Å². The summed E-state index contributed by atoms with van der Waals surface area (Å²) in [5.41, 5.74) is 2.91. The highest BCUT2D eigenvalue weighted by molar-refractivity contribution is 7.85. The van der Waals surface area contributed by atoms with E-state index in [4.69, 9.17) is 4.74 Å². The molecule has 3 atom stereocenters. The summed E-state index contributed by atoms with van der Waals surface area (Å²) in [5, 5.41) is 2.43. The summed E-state index contributed by atoms with van der Waals surface area (Å²) in [7, 11) is -1.24. The lowest BCUT2D eigenvalue weighted by atomic mass is 9.92. The highest BCUT2D eigenvalue weighted by Gasteiger charge is 2.55. The lowest BCUT2D eigenvalue weighted by molar-refractivity contribution is 0.313. The maximum absolute atomic E-state index is 13.3. The molecule has 1 aliphatic rings. The molecule has 0 bridgehead atoms. The summed E-state index contributed by atoms with van der Waals surface area (Å²) in [6, 6.07) is 30.7. The first-order valence-electron chi connectivity index (χ1n) is 9.81. The number of rotatable bonds is 4. The number of hydrogen-bond donors (Lipinski definition) is 0. The minimum absolute atomic E-state index is 0.103. The third-order valence-corrected chi connectivity index (χ3v) is 7.24. The van der Waals surface area contributed by atoms with Gasteiger partial charge in [0, 0.05) is 15.4 Å². The van der Waals surface area contributed by atoms with E-state index in [0.29, 0.717) is 0 Å². The van der Waals surface area contributed by atoms with Crippen LogP contribution in [-0.4, -0.2) is 4.21 Å². The first-order valence-corrected chi connectivity index (χ1v) is 11.0. The monoisotopic (exact) mass is 398 g/mol. The molecule has 1 saturated heterocycles. The molecule has 144 valence electrons. The Balaban J connectivity index is 1.51. The van der Waals surface area contributed by atoms with Crippen molar-refractivity contribution in [3.8, 4) is 0 Å². The van der Waals surface area contributed by atoms with E-state index in [1.165, 1.54) is 10.8 Å². The number of fused-ring (bicyclic) bond motifs is 1. The third-order valence-electron chi connectivity index (χ3n) is 5.76. The molecule has 3 heteroatoms. The van der Waals surface area contributed by atoms with Gasteiger partial charge in [-0.15, -0.1) is 0 Å². The molecular weight excluding hydrogens is 376 g/mol. The van der Waals surface area contributed by atoms with Gasteiger partial charge in [0.1, 0.15) is 11.7 Å². The van der Waals surface area contributed by atoms with E-state index in [-0.39, 0.29) is 6.10 Å². The van der Waals surface area contributed by atoms with Gasteiger partial charge >= 0.3 is 0 Å². The molecule has 4 aromatic carbocycles. The smallest absolute Gasteiger partial charge is 0.122 e. The first-order chi connectivity index (χ1) is 14.1. The number of hydrogen-bond acceptors (Lipinski definition) is 2.